The number of halogens is 3. The maximum absolute atomic E-state index is 12.9. The number of aryl methyl sites for hydroxylation is 1. The monoisotopic (exact) mass is 348 g/mol. The van der Waals surface area contributed by atoms with E-state index >= 15 is 0 Å². The Morgan fingerprint density at radius 1 is 1.12 bits per heavy atom. The predicted molar refractivity (Wildman–Crippen MR) is 89.1 cm³/mol. The molecule has 25 heavy (non-hydrogen) atoms. The lowest BCUT2D eigenvalue weighted by atomic mass is 9.87. The quantitative estimate of drug-likeness (QED) is 0.706. The number of aromatic nitrogens is 4. The summed E-state index contributed by atoms with van der Waals surface area (Å²) in [5, 5.41) is 3.56. The van der Waals surface area contributed by atoms with Gasteiger partial charge in [-0.25, -0.2) is 4.98 Å². The first-order valence-electron chi connectivity index (χ1n) is 8.53. The van der Waals surface area contributed by atoms with Crippen LogP contribution in [0, 0.1) is 0 Å². The van der Waals surface area contributed by atoms with Gasteiger partial charge < -0.3 is 4.98 Å². The topological polar surface area (TPSA) is 46.5 Å². The zero-order valence-corrected chi connectivity index (χ0v) is 13.9. The SMILES string of the molecule is Cn1nc(C(F)(F)F)cc1-c1ccc2[nH]c(C3CCCCC3)cc2n1. The number of nitrogens with zero attached hydrogens (tertiary/aromatic N) is 3. The molecule has 0 amide bonds. The van der Waals surface area contributed by atoms with Gasteiger partial charge in [-0.1, -0.05) is 19.3 Å². The number of hydrogen-bond acceptors (Lipinski definition) is 2. The van der Waals surface area contributed by atoms with Gasteiger partial charge in [0.1, 0.15) is 0 Å². The van der Waals surface area contributed by atoms with Crippen molar-refractivity contribution >= 4 is 11.0 Å². The zero-order valence-electron chi connectivity index (χ0n) is 13.9. The number of alkyl halides is 3. The lowest BCUT2D eigenvalue weighted by Gasteiger charge is -2.20. The molecule has 3 aromatic heterocycles. The minimum absolute atomic E-state index is 0.356. The molecular weight excluding hydrogens is 329 g/mol. The first kappa shape index (κ1) is 16.2. The number of rotatable bonds is 2. The molecule has 0 aromatic carbocycles. The van der Waals surface area contributed by atoms with Crippen LogP contribution in [-0.2, 0) is 13.2 Å². The third-order valence-electron chi connectivity index (χ3n) is 4.97. The van der Waals surface area contributed by atoms with E-state index in [1.54, 1.807) is 6.07 Å². The Kier molecular flexibility index (Phi) is 3.81. The molecule has 3 aromatic rings. The van der Waals surface area contributed by atoms with Crippen molar-refractivity contribution in [1.29, 1.82) is 0 Å². The Bertz CT molecular complexity index is 901. The minimum atomic E-state index is -4.46. The third kappa shape index (κ3) is 3.03. The second-order valence-corrected chi connectivity index (χ2v) is 6.73. The molecule has 1 N–H and O–H groups in total. The smallest absolute Gasteiger partial charge is 0.357 e. The summed E-state index contributed by atoms with van der Waals surface area (Å²) in [5.41, 5.74) is 2.83. The largest absolute Gasteiger partial charge is 0.435 e. The number of fused-ring (bicyclic) bond motifs is 1. The maximum atomic E-state index is 12.9. The summed E-state index contributed by atoms with van der Waals surface area (Å²) < 4.78 is 39.8. The van der Waals surface area contributed by atoms with Crippen LogP contribution in [0.1, 0.15) is 49.4 Å². The number of hydrogen-bond donors (Lipinski definition) is 1. The van der Waals surface area contributed by atoms with Crippen LogP contribution in [0.3, 0.4) is 0 Å². The summed E-state index contributed by atoms with van der Waals surface area (Å²) >= 11 is 0. The van der Waals surface area contributed by atoms with Gasteiger partial charge in [-0.3, -0.25) is 4.68 Å². The van der Waals surface area contributed by atoms with E-state index in [0.29, 0.717) is 17.3 Å². The lowest BCUT2D eigenvalue weighted by Crippen LogP contribution is -2.06. The van der Waals surface area contributed by atoms with E-state index in [1.807, 2.05) is 12.1 Å². The molecule has 0 bridgehead atoms. The van der Waals surface area contributed by atoms with Crippen molar-refractivity contribution in [2.24, 2.45) is 7.05 Å². The highest BCUT2D eigenvalue weighted by molar-refractivity contribution is 5.79. The molecule has 0 aliphatic heterocycles. The summed E-state index contributed by atoms with van der Waals surface area (Å²) in [6.45, 7) is 0. The van der Waals surface area contributed by atoms with Crippen LogP contribution < -0.4 is 0 Å². The molecule has 1 aliphatic rings. The molecule has 0 atom stereocenters. The Hall–Kier alpha value is -2.31. The highest BCUT2D eigenvalue weighted by atomic mass is 19.4. The van der Waals surface area contributed by atoms with E-state index < -0.39 is 11.9 Å². The summed E-state index contributed by atoms with van der Waals surface area (Å²) in [7, 11) is 1.50. The lowest BCUT2D eigenvalue weighted by molar-refractivity contribution is -0.141. The van der Waals surface area contributed by atoms with Gasteiger partial charge >= 0.3 is 6.18 Å². The van der Waals surface area contributed by atoms with Crippen molar-refractivity contribution < 1.29 is 13.2 Å². The first-order valence-corrected chi connectivity index (χ1v) is 8.53. The van der Waals surface area contributed by atoms with Gasteiger partial charge in [0.2, 0.25) is 0 Å². The molecule has 0 saturated heterocycles. The van der Waals surface area contributed by atoms with Crippen LogP contribution >= 0.6 is 0 Å². The van der Waals surface area contributed by atoms with Crippen LogP contribution in [0.5, 0.6) is 0 Å². The molecule has 0 radical (unpaired) electrons. The molecule has 0 spiro atoms. The Morgan fingerprint density at radius 2 is 1.88 bits per heavy atom. The summed E-state index contributed by atoms with van der Waals surface area (Å²) in [4.78, 5) is 7.98. The molecule has 1 saturated carbocycles. The second kappa shape index (κ2) is 5.89. The second-order valence-electron chi connectivity index (χ2n) is 6.73. The summed E-state index contributed by atoms with van der Waals surface area (Å²) in [5.74, 6) is 0.528. The van der Waals surface area contributed by atoms with E-state index in [4.69, 9.17) is 0 Å². The Morgan fingerprint density at radius 3 is 2.56 bits per heavy atom. The minimum Gasteiger partial charge on any atom is -0.357 e. The van der Waals surface area contributed by atoms with Crippen molar-refractivity contribution in [2.75, 3.05) is 0 Å². The van der Waals surface area contributed by atoms with Gasteiger partial charge in [0.15, 0.2) is 5.69 Å². The van der Waals surface area contributed by atoms with Gasteiger partial charge in [-0.05, 0) is 43.0 Å². The van der Waals surface area contributed by atoms with Crippen molar-refractivity contribution in [3.05, 3.63) is 35.7 Å². The van der Waals surface area contributed by atoms with Crippen LogP contribution in [0.4, 0.5) is 13.2 Å². The highest BCUT2D eigenvalue weighted by Crippen LogP contribution is 2.34. The number of aromatic amines is 1. The van der Waals surface area contributed by atoms with Crippen molar-refractivity contribution in [3.63, 3.8) is 0 Å². The van der Waals surface area contributed by atoms with Gasteiger partial charge in [-0.2, -0.15) is 18.3 Å². The molecule has 7 heteroatoms. The zero-order chi connectivity index (χ0) is 17.6. The van der Waals surface area contributed by atoms with Gasteiger partial charge in [0.25, 0.3) is 0 Å². The fraction of sp³-hybridized carbons (Fsp3) is 0.444. The maximum Gasteiger partial charge on any atom is 0.435 e. The van der Waals surface area contributed by atoms with Gasteiger partial charge in [0.05, 0.1) is 22.4 Å². The Balaban J connectivity index is 1.70. The molecular formula is C18H19F3N4. The fourth-order valence-electron chi connectivity index (χ4n) is 3.65. The van der Waals surface area contributed by atoms with Crippen LogP contribution in [0.25, 0.3) is 22.4 Å². The molecule has 1 aliphatic carbocycles. The van der Waals surface area contributed by atoms with Crippen molar-refractivity contribution in [2.45, 2.75) is 44.2 Å². The van der Waals surface area contributed by atoms with Gasteiger partial charge in [-0.15, -0.1) is 0 Å². The standard InChI is InChI=1S/C18H19F3N4/c1-25-16(10-17(24-25)18(19,20)21)13-8-7-12-15(23-13)9-14(22-12)11-5-3-2-4-6-11/h7-11,22H,2-6H2,1H3. The van der Waals surface area contributed by atoms with E-state index in [2.05, 4.69) is 15.1 Å². The predicted octanol–water partition coefficient (Wildman–Crippen LogP) is 5.03. The van der Waals surface area contributed by atoms with Crippen LogP contribution in [-0.4, -0.2) is 19.7 Å². The summed E-state index contributed by atoms with van der Waals surface area (Å²) in [6, 6.07) is 6.70. The molecule has 1 fully saturated rings. The average Bonchev–Trinajstić information content (AvgIpc) is 3.18. The van der Waals surface area contributed by atoms with E-state index in [1.165, 1.54) is 49.5 Å². The number of pyridine rings is 1. The number of nitrogens with one attached hydrogen (secondary N) is 1. The first-order chi connectivity index (χ1) is 11.9. The van der Waals surface area contributed by atoms with Gasteiger partial charge in [0, 0.05) is 12.7 Å². The fourth-order valence-corrected chi connectivity index (χ4v) is 3.65. The van der Waals surface area contributed by atoms with E-state index in [0.717, 1.165) is 17.1 Å². The average molecular weight is 348 g/mol. The van der Waals surface area contributed by atoms with Crippen molar-refractivity contribution in [1.82, 2.24) is 19.7 Å². The normalized spacial score (nSPS) is 16.6. The molecule has 4 nitrogen and oxygen atoms in total. The van der Waals surface area contributed by atoms with Crippen molar-refractivity contribution in [3.8, 4) is 11.4 Å². The number of H-pyrrole nitrogens is 1. The summed E-state index contributed by atoms with van der Waals surface area (Å²) in [6.07, 6.45) is 1.68. The van der Waals surface area contributed by atoms with E-state index in [9.17, 15) is 13.2 Å². The molecule has 4 rings (SSSR count). The van der Waals surface area contributed by atoms with E-state index in [-0.39, 0.29) is 0 Å². The molecule has 132 valence electrons. The molecule has 0 unspecified atom stereocenters. The third-order valence-corrected chi connectivity index (χ3v) is 4.97. The molecule has 3 heterocycles. The Labute approximate surface area is 143 Å². The van der Waals surface area contributed by atoms with Crippen LogP contribution in [0.2, 0.25) is 0 Å². The van der Waals surface area contributed by atoms with Crippen LogP contribution in [0.15, 0.2) is 24.3 Å². The highest BCUT2D eigenvalue weighted by Gasteiger charge is 2.34.